The van der Waals surface area contributed by atoms with E-state index < -0.39 is 0 Å². The molecule has 0 aliphatic rings. The third-order valence-electron chi connectivity index (χ3n) is 2.59. The van der Waals surface area contributed by atoms with Crippen LogP contribution in [-0.2, 0) is 0 Å². The van der Waals surface area contributed by atoms with Crippen molar-refractivity contribution in [3.63, 3.8) is 0 Å². The van der Waals surface area contributed by atoms with Gasteiger partial charge in [0.1, 0.15) is 5.75 Å². The Morgan fingerprint density at radius 3 is 2.58 bits per heavy atom. The Labute approximate surface area is 120 Å². The first kappa shape index (κ1) is 13.3. The van der Waals surface area contributed by atoms with Crippen LogP contribution >= 0.6 is 15.9 Å². The van der Waals surface area contributed by atoms with Crippen LogP contribution in [0.3, 0.4) is 0 Å². The number of aliphatic imine (C=N–C) groups is 1. The van der Waals surface area contributed by atoms with Gasteiger partial charge in [0.2, 0.25) is 0 Å². The van der Waals surface area contributed by atoms with Gasteiger partial charge in [-0.2, -0.15) is 5.26 Å². The van der Waals surface area contributed by atoms with Crippen molar-refractivity contribution in [2.75, 3.05) is 0 Å². The highest BCUT2D eigenvalue weighted by Gasteiger charge is 2.04. The molecule has 0 aliphatic carbocycles. The first-order valence-corrected chi connectivity index (χ1v) is 6.43. The lowest BCUT2D eigenvalue weighted by Gasteiger charge is -2.03. The number of nitrogens with zero attached hydrogens (tertiary/aromatic N) is 2. The lowest BCUT2D eigenvalue weighted by atomic mass is 10.1. The zero-order valence-electron chi connectivity index (χ0n) is 10.3. The Morgan fingerprint density at radius 1 is 1.26 bits per heavy atom. The van der Waals surface area contributed by atoms with Crippen molar-refractivity contribution in [1.82, 2.24) is 0 Å². The molecule has 0 bridgehead atoms. The van der Waals surface area contributed by atoms with Gasteiger partial charge in [-0.1, -0.05) is 0 Å². The number of aromatic hydroxyl groups is 1. The molecule has 0 radical (unpaired) electrons. The molecule has 19 heavy (non-hydrogen) atoms. The minimum absolute atomic E-state index is 0.169. The van der Waals surface area contributed by atoms with E-state index in [9.17, 15) is 5.11 Å². The molecule has 0 aromatic heterocycles. The number of aryl methyl sites for hydroxylation is 1. The molecule has 3 nitrogen and oxygen atoms in total. The Morgan fingerprint density at radius 2 is 1.95 bits per heavy atom. The fraction of sp³-hybridized carbons (Fsp3) is 0.0667. The SMILES string of the molecule is Cc1cc(Br)c(O)c(C=Nc2ccc(C#N)cc2)c1. The number of hydrogen-bond donors (Lipinski definition) is 1. The van der Waals surface area contributed by atoms with E-state index in [4.69, 9.17) is 5.26 Å². The summed E-state index contributed by atoms with van der Waals surface area (Å²) in [5.41, 5.74) is 3.01. The van der Waals surface area contributed by atoms with E-state index >= 15 is 0 Å². The summed E-state index contributed by atoms with van der Waals surface area (Å²) in [4.78, 5) is 4.28. The zero-order valence-corrected chi connectivity index (χ0v) is 11.8. The van der Waals surface area contributed by atoms with E-state index in [1.54, 1.807) is 30.5 Å². The van der Waals surface area contributed by atoms with Crippen LogP contribution in [0.25, 0.3) is 0 Å². The molecule has 0 aliphatic heterocycles. The van der Waals surface area contributed by atoms with Crippen molar-refractivity contribution in [2.45, 2.75) is 6.92 Å². The normalized spacial score (nSPS) is 10.6. The summed E-state index contributed by atoms with van der Waals surface area (Å²) in [5, 5.41) is 18.6. The van der Waals surface area contributed by atoms with E-state index in [-0.39, 0.29) is 5.75 Å². The summed E-state index contributed by atoms with van der Waals surface area (Å²) in [6.07, 6.45) is 1.61. The molecule has 4 heteroatoms. The minimum atomic E-state index is 0.169. The topological polar surface area (TPSA) is 56.4 Å². The fourth-order valence-corrected chi connectivity index (χ4v) is 2.22. The molecule has 1 N–H and O–H groups in total. The minimum Gasteiger partial charge on any atom is -0.506 e. The molecule has 0 saturated carbocycles. The van der Waals surface area contributed by atoms with Crippen LogP contribution in [0.1, 0.15) is 16.7 Å². The number of nitriles is 1. The van der Waals surface area contributed by atoms with Crippen molar-refractivity contribution in [2.24, 2.45) is 4.99 Å². The molecule has 2 aromatic carbocycles. The number of phenolic OH excluding ortho intramolecular Hbond substituents is 1. The van der Waals surface area contributed by atoms with Gasteiger partial charge < -0.3 is 5.11 Å². The molecule has 0 spiro atoms. The predicted octanol–water partition coefficient (Wildman–Crippen LogP) is 4.09. The maximum atomic E-state index is 9.90. The second kappa shape index (κ2) is 5.68. The molecule has 0 amide bonds. The van der Waals surface area contributed by atoms with E-state index in [2.05, 4.69) is 27.0 Å². The van der Waals surface area contributed by atoms with Gasteiger partial charge in [0.25, 0.3) is 0 Å². The van der Waals surface area contributed by atoms with Gasteiger partial charge in [-0.15, -0.1) is 0 Å². The monoisotopic (exact) mass is 314 g/mol. The van der Waals surface area contributed by atoms with E-state index in [1.165, 1.54) is 0 Å². The van der Waals surface area contributed by atoms with Crippen LogP contribution in [0.4, 0.5) is 5.69 Å². The van der Waals surface area contributed by atoms with Crippen LogP contribution in [0, 0.1) is 18.3 Å². The molecule has 94 valence electrons. The molecular weight excluding hydrogens is 304 g/mol. The Balaban J connectivity index is 2.30. The molecule has 0 saturated heterocycles. The van der Waals surface area contributed by atoms with Gasteiger partial charge in [-0.05, 0) is 64.8 Å². The van der Waals surface area contributed by atoms with Gasteiger partial charge in [0.05, 0.1) is 21.8 Å². The largest absolute Gasteiger partial charge is 0.506 e. The summed E-state index contributed by atoms with van der Waals surface area (Å²) >= 11 is 3.29. The summed E-state index contributed by atoms with van der Waals surface area (Å²) in [6.45, 7) is 1.95. The summed E-state index contributed by atoms with van der Waals surface area (Å²) in [6, 6.07) is 12.7. The van der Waals surface area contributed by atoms with Gasteiger partial charge in [0.15, 0.2) is 0 Å². The van der Waals surface area contributed by atoms with Gasteiger partial charge >= 0.3 is 0 Å². The smallest absolute Gasteiger partial charge is 0.138 e. The molecule has 0 heterocycles. The van der Waals surface area contributed by atoms with Gasteiger partial charge in [-0.25, -0.2) is 0 Å². The highest BCUT2D eigenvalue weighted by atomic mass is 79.9. The van der Waals surface area contributed by atoms with Crippen LogP contribution < -0.4 is 0 Å². The molecule has 2 aromatic rings. The van der Waals surface area contributed by atoms with Crippen molar-refractivity contribution in [3.8, 4) is 11.8 Å². The number of rotatable bonds is 2. The third-order valence-corrected chi connectivity index (χ3v) is 3.19. The Hall–Kier alpha value is -2.12. The molecule has 2 rings (SSSR count). The summed E-state index contributed by atoms with van der Waals surface area (Å²) in [7, 11) is 0. The second-order valence-corrected chi connectivity index (χ2v) is 4.96. The first-order chi connectivity index (χ1) is 9.10. The van der Waals surface area contributed by atoms with Crippen LogP contribution in [0.2, 0.25) is 0 Å². The highest BCUT2D eigenvalue weighted by Crippen LogP contribution is 2.28. The van der Waals surface area contributed by atoms with Crippen LogP contribution in [0.5, 0.6) is 5.75 Å². The number of hydrogen-bond acceptors (Lipinski definition) is 3. The maximum absolute atomic E-state index is 9.90. The van der Waals surface area contributed by atoms with E-state index in [1.807, 2.05) is 19.1 Å². The Bertz CT molecular complexity index is 670. The average Bonchev–Trinajstić information content (AvgIpc) is 2.41. The lowest BCUT2D eigenvalue weighted by Crippen LogP contribution is -1.86. The standard InChI is InChI=1S/C15H11BrN2O/c1-10-6-12(15(19)14(16)7-10)9-18-13-4-2-11(8-17)3-5-13/h2-7,9,19H,1H3. The highest BCUT2D eigenvalue weighted by molar-refractivity contribution is 9.10. The quantitative estimate of drug-likeness (QED) is 0.849. The van der Waals surface area contributed by atoms with Crippen molar-refractivity contribution in [3.05, 3.63) is 57.6 Å². The number of phenols is 1. The van der Waals surface area contributed by atoms with Crippen molar-refractivity contribution >= 4 is 27.8 Å². The van der Waals surface area contributed by atoms with Crippen LogP contribution in [-0.4, -0.2) is 11.3 Å². The zero-order chi connectivity index (χ0) is 13.8. The van der Waals surface area contributed by atoms with E-state index in [0.29, 0.717) is 15.6 Å². The predicted molar refractivity (Wildman–Crippen MR) is 79.0 cm³/mol. The summed E-state index contributed by atoms with van der Waals surface area (Å²) < 4.78 is 0.647. The van der Waals surface area contributed by atoms with Crippen LogP contribution in [0.15, 0.2) is 45.9 Å². The number of halogens is 1. The Kier molecular flexibility index (Phi) is 3.98. The van der Waals surface area contributed by atoms with Crippen molar-refractivity contribution in [1.29, 1.82) is 5.26 Å². The lowest BCUT2D eigenvalue weighted by molar-refractivity contribution is 0.471. The molecule has 0 unspecified atom stereocenters. The van der Waals surface area contributed by atoms with Crippen molar-refractivity contribution < 1.29 is 5.11 Å². The second-order valence-electron chi connectivity index (χ2n) is 4.10. The fourth-order valence-electron chi connectivity index (χ4n) is 1.63. The first-order valence-electron chi connectivity index (χ1n) is 5.63. The van der Waals surface area contributed by atoms with Gasteiger partial charge in [-0.3, -0.25) is 4.99 Å². The molecule has 0 fully saturated rings. The molecular formula is C15H11BrN2O. The third kappa shape index (κ3) is 3.21. The van der Waals surface area contributed by atoms with E-state index in [0.717, 1.165) is 11.3 Å². The maximum Gasteiger partial charge on any atom is 0.138 e. The number of benzene rings is 2. The molecule has 0 atom stereocenters. The summed E-state index contributed by atoms with van der Waals surface area (Å²) in [5.74, 6) is 0.169. The van der Waals surface area contributed by atoms with Gasteiger partial charge in [0, 0.05) is 11.8 Å². The average molecular weight is 315 g/mol.